The molecule has 1 aliphatic heterocycles. The number of nitrogens with one attached hydrogen (secondary N) is 1. The molecule has 5 heteroatoms. The normalized spacial score (nSPS) is 27.5. The zero-order valence-electron chi connectivity index (χ0n) is 8.53. The number of piperazine rings is 1. The van der Waals surface area contributed by atoms with Crippen molar-refractivity contribution in [1.82, 2.24) is 10.2 Å². The van der Waals surface area contributed by atoms with Crippen molar-refractivity contribution in [2.24, 2.45) is 0 Å². The minimum atomic E-state index is -0.689. The fraction of sp³-hybridized carbons (Fsp3) is 0.667. The van der Waals surface area contributed by atoms with Gasteiger partial charge in [-0.15, -0.1) is 0 Å². The third kappa shape index (κ3) is 1.62. The van der Waals surface area contributed by atoms with Gasteiger partial charge in [-0.05, 0) is 13.8 Å². The molecule has 5 nitrogen and oxygen atoms in total. The van der Waals surface area contributed by atoms with Crippen LogP contribution in [0.5, 0.6) is 0 Å². The molecule has 0 aliphatic carbocycles. The molecule has 0 spiro atoms. The number of carbonyl (C=O) groups is 3. The van der Waals surface area contributed by atoms with Gasteiger partial charge in [-0.3, -0.25) is 19.3 Å². The van der Waals surface area contributed by atoms with E-state index in [1.165, 1.54) is 0 Å². The quantitative estimate of drug-likeness (QED) is 0.626. The second-order valence-electron chi connectivity index (χ2n) is 3.36. The second-order valence-corrected chi connectivity index (χ2v) is 3.36. The van der Waals surface area contributed by atoms with E-state index < -0.39 is 12.1 Å². The summed E-state index contributed by atoms with van der Waals surface area (Å²) in [5.41, 5.74) is 0. The van der Waals surface area contributed by atoms with E-state index >= 15 is 0 Å². The molecule has 3 amide bonds. The molecule has 0 radical (unpaired) electrons. The van der Waals surface area contributed by atoms with Crippen molar-refractivity contribution in [3.63, 3.8) is 0 Å². The molecular formula is C9H14N2O3. The number of amides is 3. The minimum absolute atomic E-state index is 0.232. The average Bonchev–Trinajstić information content (AvgIpc) is 2.15. The molecule has 2 unspecified atom stereocenters. The van der Waals surface area contributed by atoms with E-state index in [9.17, 15) is 14.4 Å². The van der Waals surface area contributed by atoms with Crippen molar-refractivity contribution in [2.45, 2.75) is 39.3 Å². The third-order valence-electron chi connectivity index (χ3n) is 2.30. The van der Waals surface area contributed by atoms with Crippen molar-refractivity contribution in [3.05, 3.63) is 0 Å². The lowest BCUT2D eigenvalue weighted by Gasteiger charge is -2.34. The second kappa shape index (κ2) is 3.77. The molecule has 0 saturated carbocycles. The number of carbonyl (C=O) groups excluding carboxylic acids is 3. The highest BCUT2D eigenvalue weighted by Crippen LogP contribution is 2.10. The Morgan fingerprint density at radius 3 is 2.50 bits per heavy atom. The number of nitrogens with zero attached hydrogens (tertiary/aromatic N) is 1. The van der Waals surface area contributed by atoms with Crippen LogP contribution in [0.4, 0.5) is 0 Å². The van der Waals surface area contributed by atoms with Crippen LogP contribution in [0.15, 0.2) is 0 Å². The molecule has 1 rings (SSSR count). The van der Waals surface area contributed by atoms with E-state index in [1.807, 2.05) is 0 Å². The van der Waals surface area contributed by atoms with Crippen molar-refractivity contribution in [3.8, 4) is 0 Å². The lowest BCUT2D eigenvalue weighted by molar-refractivity contribution is -0.157. The third-order valence-corrected chi connectivity index (χ3v) is 2.30. The summed E-state index contributed by atoms with van der Waals surface area (Å²) < 4.78 is 0. The first kappa shape index (κ1) is 10.7. The van der Waals surface area contributed by atoms with Crippen molar-refractivity contribution >= 4 is 17.7 Å². The van der Waals surface area contributed by atoms with Gasteiger partial charge in [-0.25, -0.2) is 0 Å². The van der Waals surface area contributed by atoms with Gasteiger partial charge < -0.3 is 5.32 Å². The average molecular weight is 198 g/mol. The van der Waals surface area contributed by atoms with Gasteiger partial charge in [-0.1, -0.05) is 6.92 Å². The Labute approximate surface area is 82.4 Å². The van der Waals surface area contributed by atoms with E-state index in [4.69, 9.17) is 0 Å². The summed E-state index contributed by atoms with van der Waals surface area (Å²) in [6.07, 6.45) is 0.232. The van der Waals surface area contributed by atoms with Crippen LogP contribution in [0.2, 0.25) is 0 Å². The SMILES string of the molecule is CCC(=O)N1C(=O)C(C)NC(=O)C1C. The zero-order valence-corrected chi connectivity index (χ0v) is 8.53. The maximum absolute atomic E-state index is 11.6. The monoisotopic (exact) mass is 198 g/mol. The first-order valence-electron chi connectivity index (χ1n) is 4.65. The molecule has 1 saturated heterocycles. The fourth-order valence-electron chi connectivity index (χ4n) is 1.42. The van der Waals surface area contributed by atoms with Gasteiger partial charge >= 0.3 is 0 Å². The van der Waals surface area contributed by atoms with Gasteiger partial charge in [0.05, 0.1) is 0 Å². The van der Waals surface area contributed by atoms with Crippen LogP contribution >= 0.6 is 0 Å². The Morgan fingerprint density at radius 1 is 1.43 bits per heavy atom. The maximum atomic E-state index is 11.6. The first-order valence-corrected chi connectivity index (χ1v) is 4.65. The van der Waals surface area contributed by atoms with E-state index in [0.29, 0.717) is 0 Å². The molecular weight excluding hydrogens is 184 g/mol. The van der Waals surface area contributed by atoms with Crippen molar-refractivity contribution in [1.29, 1.82) is 0 Å². The first-order chi connectivity index (χ1) is 6.49. The van der Waals surface area contributed by atoms with Gasteiger partial charge in [0, 0.05) is 6.42 Å². The molecule has 14 heavy (non-hydrogen) atoms. The largest absolute Gasteiger partial charge is 0.343 e. The molecule has 2 atom stereocenters. The lowest BCUT2D eigenvalue weighted by atomic mass is 10.1. The van der Waals surface area contributed by atoms with Crippen LogP contribution in [0.25, 0.3) is 0 Å². The number of imide groups is 1. The summed E-state index contributed by atoms with van der Waals surface area (Å²) in [4.78, 5) is 35.3. The fourth-order valence-corrected chi connectivity index (χ4v) is 1.42. The maximum Gasteiger partial charge on any atom is 0.252 e. The molecule has 1 aliphatic rings. The molecule has 78 valence electrons. The summed E-state index contributed by atoms with van der Waals surface area (Å²) in [5, 5.41) is 2.51. The number of rotatable bonds is 1. The summed E-state index contributed by atoms with van der Waals surface area (Å²) in [6, 6.07) is -1.29. The van der Waals surface area contributed by atoms with Crippen LogP contribution in [0, 0.1) is 0 Å². The van der Waals surface area contributed by atoms with Gasteiger partial charge in [0.15, 0.2) is 0 Å². The van der Waals surface area contributed by atoms with E-state index in [0.717, 1.165) is 4.90 Å². The summed E-state index contributed by atoms with van der Waals surface area (Å²) >= 11 is 0. The Bertz CT molecular complexity index is 288. The van der Waals surface area contributed by atoms with Crippen LogP contribution in [-0.4, -0.2) is 34.7 Å². The highest BCUT2D eigenvalue weighted by molar-refractivity contribution is 6.06. The molecule has 1 N–H and O–H groups in total. The Morgan fingerprint density at radius 2 is 2.00 bits per heavy atom. The highest BCUT2D eigenvalue weighted by atomic mass is 16.2. The van der Waals surface area contributed by atoms with Gasteiger partial charge in [-0.2, -0.15) is 0 Å². The minimum Gasteiger partial charge on any atom is -0.343 e. The summed E-state index contributed by atoms with van der Waals surface area (Å²) in [6.45, 7) is 4.79. The van der Waals surface area contributed by atoms with Crippen LogP contribution in [0.3, 0.4) is 0 Å². The van der Waals surface area contributed by atoms with Crippen molar-refractivity contribution < 1.29 is 14.4 Å². The highest BCUT2D eigenvalue weighted by Gasteiger charge is 2.38. The number of hydrogen-bond acceptors (Lipinski definition) is 3. The molecule has 0 aromatic carbocycles. The predicted octanol–water partition coefficient (Wildman–Crippen LogP) is -0.342. The zero-order chi connectivity index (χ0) is 10.9. The van der Waals surface area contributed by atoms with E-state index in [2.05, 4.69) is 5.32 Å². The smallest absolute Gasteiger partial charge is 0.252 e. The van der Waals surface area contributed by atoms with E-state index in [1.54, 1.807) is 20.8 Å². The molecule has 1 fully saturated rings. The van der Waals surface area contributed by atoms with Gasteiger partial charge in [0.1, 0.15) is 12.1 Å². The summed E-state index contributed by atoms with van der Waals surface area (Å²) in [5.74, 6) is -0.910. The summed E-state index contributed by atoms with van der Waals surface area (Å²) in [7, 11) is 0. The van der Waals surface area contributed by atoms with Crippen LogP contribution < -0.4 is 5.32 Å². The van der Waals surface area contributed by atoms with Gasteiger partial charge in [0.2, 0.25) is 11.8 Å². The number of hydrogen-bond donors (Lipinski definition) is 1. The van der Waals surface area contributed by atoms with E-state index in [-0.39, 0.29) is 24.1 Å². The predicted molar refractivity (Wildman–Crippen MR) is 49.2 cm³/mol. The standard InChI is InChI=1S/C9H14N2O3/c1-4-7(12)11-6(3)8(13)10-5(2)9(11)14/h5-6H,4H2,1-3H3,(H,10,13). The molecule has 0 aromatic heterocycles. The molecule has 0 bridgehead atoms. The molecule has 0 aromatic rings. The van der Waals surface area contributed by atoms with Crippen LogP contribution in [-0.2, 0) is 14.4 Å². The molecule has 1 heterocycles. The van der Waals surface area contributed by atoms with Crippen LogP contribution in [0.1, 0.15) is 27.2 Å². The Balaban J connectivity index is 2.93. The topological polar surface area (TPSA) is 66.5 Å². The Kier molecular flexibility index (Phi) is 2.88. The Hall–Kier alpha value is -1.39. The lowest BCUT2D eigenvalue weighted by Crippen LogP contribution is -2.62. The van der Waals surface area contributed by atoms with Gasteiger partial charge in [0.25, 0.3) is 5.91 Å². The van der Waals surface area contributed by atoms with Crippen molar-refractivity contribution in [2.75, 3.05) is 0 Å².